The van der Waals surface area contributed by atoms with E-state index in [9.17, 15) is 4.79 Å². The Balaban J connectivity index is 1.38. The fraction of sp³-hybridized carbons (Fsp3) is 0.250. The summed E-state index contributed by atoms with van der Waals surface area (Å²) in [4.78, 5) is 11.8. The van der Waals surface area contributed by atoms with Crippen molar-refractivity contribution in [3.05, 3.63) is 60.5 Å². The van der Waals surface area contributed by atoms with Crippen LogP contribution >= 0.6 is 0 Å². The monoisotopic (exact) mass is 367 g/mol. The Kier molecular flexibility index (Phi) is 6.40. The minimum atomic E-state index is -0.0826. The molecule has 27 heavy (non-hydrogen) atoms. The average molecular weight is 367 g/mol. The van der Waals surface area contributed by atoms with E-state index in [4.69, 9.17) is 13.9 Å². The standard InChI is InChI=1S/C20H21N3O4/c1-25-16-9-7-15(8-10-16)20-23-22-19(27-20)11-13-21-18(24)12-14-26-17-5-3-2-4-6-17/h2-10H,11-14H2,1H3,(H,21,24). The second kappa shape index (κ2) is 9.38. The number of hydrogen-bond acceptors (Lipinski definition) is 6. The number of hydrogen-bond donors (Lipinski definition) is 1. The smallest absolute Gasteiger partial charge is 0.247 e. The van der Waals surface area contributed by atoms with Gasteiger partial charge in [-0.2, -0.15) is 0 Å². The van der Waals surface area contributed by atoms with E-state index in [0.717, 1.165) is 17.1 Å². The number of rotatable bonds is 9. The first-order chi connectivity index (χ1) is 13.2. The van der Waals surface area contributed by atoms with Gasteiger partial charge in [-0.3, -0.25) is 4.79 Å². The van der Waals surface area contributed by atoms with Gasteiger partial charge >= 0.3 is 0 Å². The lowest BCUT2D eigenvalue weighted by molar-refractivity contribution is -0.121. The lowest BCUT2D eigenvalue weighted by Gasteiger charge is -2.06. The Bertz CT molecular complexity index is 847. The third kappa shape index (κ3) is 5.57. The Morgan fingerprint density at radius 1 is 1.04 bits per heavy atom. The summed E-state index contributed by atoms with van der Waals surface area (Å²) < 4.78 is 16.2. The second-order valence-corrected chi connectivity index (χ2v) is 5.74. The molecule has 3 aromatic rings. The van der Waals surface area contributed by atoms with Gasteiger partial charge in [0.05, 0.1) is 20.1 Å². The van der Waals surface area contributed by atoms with Gasteiger partial charge in [0.25, 0.3) is 0 Å². The van der Waals surface area contributed by atoms with Crippen molar-refractivity contribution in [2.75, 3.05) is 20.3 Å². The Morgan fingerprint density at radius 3 is 2.56 bits per heavy atom. The molecule has 0 aliphatic heterocycles. The highest BCUT2D eigenvalue weighted by molar-refractivity contribution is 5.75. The molecule has 0 radical (unpaired) electrons. The molecule has 1 aromatic heterocycles. The molecule has 7 nitrogen and oxygen atoms in total. The highest BCUT2D eigenvalue weighted by atomic mass is 16.5. The van der Waals surface area contributed by atoms with Gasteiger partial charge in [-0.15, -0.1) is 10.2 Å². The van der Waals surface area contributed by atoms with E-state index >= 15 is 0 Å². The fourth-order valence-electron chi connectivity index (χ4n) is 2.38. The predicted molar refractivity (Wildman–Crippen MR) is 99.6 cm³/mol. The SMILES string of the molecule is COc1ccc(-c2nnc(CCNC(=O)CCOc3ccccc3)o2)cc1. The Hall–Kier alpha value is -3.35. The minimum Gasteiger partial charge on any atom is -0.497 e. The molecule has 0 saturated carbocycles. The zero-order valence-electron chi connectivity index (χ0n) is 15.1. The van der Waals surface area contributed by atoms with Gasteiger partial charge in [0.1, 0.15) is 11.5 Å². The van der Waals surface area contributed by atoms with Gasteiger partial charge in [0.2, 0.25) is 17.7 Å². The van der Waals surface area contributed by atoms with Gasteiger partial charge < -0.3 is 19.2 Å². The van der Waals surface area contributed by atoms with E-state index in [1.165, 1.54) is 0 Å². The molecule has 1 amide bonds. The number of para-hydroxylation sites is 1. The van der Waals surface area contributed by atoms with Crippen molar-refractivity contribution < 1.29 is 18.7 Å². The van der Waals surface area contributed by atoms with Crippen LogP contribution in [0, 0.1) is 0 Å². The first kappa shape index (κ1) is 18.4. The number of carbonyl (C=O) groups is 1. The molecule has 1 heterocycles. The van der Waals surface area contributed by atoms with Crippen LogP contribution in [0.2, 0.25) is 0 Å². The molecule has 0 saturated heterocycles. The van der Waals surface area contributed by atoms with Crippen molar-refractivity contribution in [1.82, 2.24) is 15.5 Å². The lowest BCUT2D eigenvalue weighted by atomic mass is 10.2. The second-order valence-electron chi connectivity index (χ2n) is 5.74. The molecular weight excluding hydrogens is 346 g/mol. The van der Waals surface area contributed by atoms with Gasteiger partial charge in [-0.25, -0.2) is 0 Å². The summed E-state index contributed by atoms with van der Waals surface area (Å²) >= 11 is 0. The molecule has 0 fully saturated rings. The number of aromatic nitrogens is 2. The number of carbonyl (C=O) groups excluding carboxylic acids is 1. The molecule has 0 atom stereocenters. The average Bonchev–Trinajstić information content (AvgIpc) is 3.18. The predicted octanol–water partition coefficient (Wildman–Crippen LogP) is 2.87. The van der Waals surface area contributed by atoms with Crippen LogP contribution in [-0.4, -0.2) is 36.4 Å². The summed E-state index contributed by atoms with van der Waals surface area (Å²) in [6.45, 7) is 0.756. The van der Waals surface area contributed by atoms with Crippen LogP contribution in [0.15, 0.2) is 59.0 Å². The third-order valence-electron chi connectivity index (χ3n) is 3.81. The van der Waals surface area contributed by atoms with Crippen molar-refractivity contribution in [2.45, 2.75) is 12.8 Å². The van der Waals surface area contributed by atoms with Crippen LogP contribution in [0.1, 0.15) is 12.3 Å². The van der Waals surface area contributed by atoms with Gasteiger partial charge in [-0.1, -0.05) is 18.2 Å². The topological polar surface area (TPSA) is 86.5 Å². The maximum absolute atomic E-state index is 11.8. The summed E-state index contributed by atoms with van der Waals surface area (Å²) in [5.74, 6) is 2.34. The number of nitrogens with one attached hydrogen (secondary N) is 1. The number of nitrogens with zero attached hydrogens (tertiary/aromatic N) is 2. The first-order valence-corrected chi connectivity index (χ1v) is 8.66. The maximum atomic E-state index is 11.8. The van der Waals surface area contributed by atoms with Crippen molar-refractivity contribution in [2.24, 2.45) is 0 Å². The molecule has 2 aromatic carbocycles. The molecule has 140 valence electrons. The normalized spacial score (nSPS) is 10.4. The van der Waals surface area contributed by atoms with Crippen LogP contribution in [0.5, 0.6) is 11.5 Å². The number of ether oxygens (including phenoxy) is 2. The summed E-state index contributed by atoms with van der Waals surface area (Å²) in [5.41, 5.74) is 0.816. The van der Waals surface area contributed by atoms with Crippen LogP contribution in [0.25, 0.3) is 11.5 Å². The molecule has 0 aliphatic rings. The fourth-order valence-corrected chi connectivity index (χ4v) is 2.38. The van der Waals surface area contributed by atoms with Gasteiger partial charge in [0, 0.05) is 18.5 Å². The lowest BCUT2D eigenvalue weighted by Crippen LogP contribution is -2.27. The zero-order chi connectivity index (χ0) is 18.9. The third-order valence-corrected chi connectivity index (χ3v) is 3.81. The minimum absolute atomic E-state index is 0.0826. The van der Waals surface area contributed by atoms with Crippen molar-refractivity contribution in [3.8, 4) is 23.0 Å². The number of methoxy groups -OCH3 is 1. The molecule has 1 N–H and O–H groups in total. The highest BCUT2D eigenvalue weighted by Gasteiger charge is 2.09. The molecule has 0 bridgehead atoms. The first-order valence-electron chi connectivity index (χ1n) is 8.66. The van der Waals surface area contributed by atoms with Crippen LogP contribution < -0.4 is 14.8 Å². The van der Waals surface area contributed by atoms with E-state index in [-0.39, 0.29) is 12.3 Å². The van der Waals surface area contributed by atoms with Crippen molar-refractivity contribution >= 4 is 5.91 Å². The van der Waals surface area contributed by atoms with E-state index < -0.39 is 0 Å². The van der Waals surface area contributed by atoms with Crippen molar-refractivity contribution in [3.63, 3.8) is 0 Å². The van der Waals surface area contributed by atoms with E-state index in [0.29, 0.717) is 31.4 Å². The van der Waals surface area contributed by atoms with Crippen molar-refractivity contribution in [1.29, 1.82) is 0 Å². The maximum Gasteiger partial charge on any atom is 0.247 e. The number of benzene rings is 2. The number of amides is 1. The Morgan fingerprint density at radius 2 is 1.81 bits per heavy atom. The van der Waals surface area contributed by atoms with Gasteiger partial charge in [-0.05, 0) is 36.4 Å². The van der Waals surface area contributed by atoms with Crippen LogP contribution in [-0.2, 0) is 11.2 Å². The molecule has 7 heteroatoms. The molecule has 0 aliphatic carbocycles. The quantitative estimate of drug-likeness (QED) is 0.626. The summed E-state index contributed by atoms with van der Waals surface area (Å²) in [6, 6.07) is 16.8. The van der Waals surface area contributed by atoms with Crippen LogP contribution in [0.3, 0.4) is 0 Å². The molecule has 0 spiro atoms. The van der Waals surface area contributed by atoms with Crippen LogP contribution in [0.4, 0.5) is 0 Å². The van der Waals surface area contributed by atoms with E-state index in [2.05, 4.69) is 15.5 Å². The zero-order valence-corrected chi connectivity index (χ0v) is 15.1. The Labute approximate surface area is 157 Å². The molecule has 3 rings (SSSR count). The highest BCUT2D eigenvalue weighted by Crippen LogP contribution is 2.21. The summed E-state index contributed by atoms with van der Waals surface area (Å²) in [5, 5.41) is 10.9. The summed E-state index contributed by atoms with van der Waals surface area (Å²) in [7, 11) is 1.61. The van der Waals surface area contributed by atoms with E-state index in [1.807, 2.05) is 54.6 Å². The largest absolute Gasteiger partial charge is 0.497 e. The summed E-state index contributed by atoms with van der Waals surface area (Å²) in [6.07, 6.45) is 0.754. The van der Waals surface area contributed by atoms with Gasteiger partial charge in [0.15, 0.2) is 0 Å². The molecular formula is C20H21N3O4. The molecule has 0 unspecified atom stereocenters. The van der Waals surface area contributed by atoms with E-state index in [1.54, 1.807) is 7.11 Å².